The van der Waals surface area contributed by atoms with Gasteiger partial charge in [-0.3, -0.25) is 4.90 Å². The van der Waals surface area contributed by atoms with Gasteiger partial charge in [-0.15, -0.1) is 0 Å². The monoisotopic (exact) mass is 364 g/mol. The van der Waals surface area contributed by atoms with Crippen LogP contribution in [0, 0.1) is 0 Å². The molecular formula is C19H28N2O5. The summed E-state index contributed by atoms with van der Waals surface area (Å²) in [5, 5.41) is 10.1. The van der Waals surface area contributed by atoms with Crippen molar-refractivity contribution >= 4 is 12.2 Å². The van der Waals surface area contributed by atoms with E-state index in [2.05, 4.69) is 0 Å². The van der Waals surface area contributed by atoms with E-state index >= 15 is 0 Å². The predicted octanol–water partition coefficient (Wildman–Crippen LogP) is 2.63. The molecule has 0 aromatic heterocycles. The summed E-state index contributed by atoms with van der Waals surface area (Å²) in [6.07, 6.45) is -1.74. The second-order valence-corrected chi connectivity index (χ2v) is 7.47. The molecule has 1 aromatic rings. The van der Waals surface area contributed by atoms with Crippen LogP contribution in [0.15, 0.2) is 30.3 Å². The van der Waals surface area contributed by atoms with Crippen molar-refractivity contribution in [3.05, 3.63) is 35.9 Å². The van der Waals surface area contributed by atoms with Crippen molar-refractivity contribution in [3.63, 3.8) is 0 Å². The van der Waals surface area contributed by atoms with E-state index < -0.39 is 29.9 Å². The lowest BCUT2D eigenvalue weighted by Crippen LogP contribution is -2.60. The number of aliphatic hydroxyl groups is 1. The van der Waals surface area contributed by atoms with Crippen LogP contribution < -0.4 is 0 Å². The summed E-state index contributed by atoms with van der Waals surface area (Å²) >= 11 is 0. The van der Waals surface area contributed by atoms with Gasteiger partial charge in [0.1, 0.15) is 12.2 Å². The van der Waals surface area contributed by atoms with Crippen molar-refractivity contribution in [1.29, 1.82) is 0 Å². The highest BCUT2D eigenvalue weighted by molar-refractivity contribution is 5.71. The SMILES string of the molecule is CC(O)[C@H]1CN(C(=O)OC(C)(C)C)CCN1C(=O)OCc1ccccc1. The molecular weight excluding hydrogens is 336 g/mol. The fourth-order valence-corrected chi connectivity index (χ4v) is 2.74. The lowest BCUT2D eigenvalue weighted by molar-refractivity contribution is -0.0212. The van der Waals surface area contributed by atoms with E-state index in [1.54, 1.807) is 27.7 Å². The number of carbonyl (C=O) groups excluding carboxylic acids is 2. The standard InChI is InChI=1S/C19H28N2O5/c1-14(22)16-12-20(17(23)26-19(2,3)4)10-11-21(16)18(24)25-13-15-8-6-5-7-9-15/h5-9,14,16,22H,10-13H2,1-4H3/t14?,16-/m1/s1. The summed E-state index contributed by atoms with van der Waals surface area (Å²) in [7, 11) is 0. The molecule has 2 amide bonds. The van der Waals surface area contributed by atoms with E-state index in [0.717, 1.165) is 5.56 Å². The number of rotatable bonds is 3. The summed E-state index contributed by atoms with van der Waals surface area (Å²) < 4.78 is 10.7. The number of ether oxygens (including phenoxy) is 2. The number of carbonyl (C=O) groups is 2. The van der Waals surface area contributed by atoms with Gasteiger partial charge in [0.25, 0.3) is 0 Å². The average Bonchev–Trinajstić information content (AvgIpc) is 2.58. The molecule has 7 nitrogen and oxygen atoms in total. The van der Waals surface area contributed by atoms with E-state index in [9.17, 15) is 14.7 Å². The van der Waals surface area contributed by atoms with Gasteiger partial charge in [-0.05, 0) is 33.3 Å². The minimum Gasteiger partial charge on any atom is -0.445 e. The van der Waals surface area contributed by atoms with E-state index in [-0.39, 0.29) is 19.7 Å². The molecule has 1 heterocycles. The first-order valence-corrected chi connectivity index (χ1v) is 8.80. The molecule has 144 valence electrons. The molecule has 1 N–H and O–H groups in total. The van der Waals surface area contributed by atoms with Crippen LogP contribution in [0.4, 0.5) is 9.59 Å². The Morgan fingerprint density at radius 1 is 1.19 bits per heavy atom. The van der Waals surface area contributed by atoms with Crippen molar-refractivity contribution in [2.24, 2.45) is 0 Å². The Morgan fingerprint density at radius 3 is 2.42 bits per heavy atom. The second kappa shape index (κ2) is 8.40. The van der Waals surface area contributed by atoms with E-state index in [1.165, 1.54) is 9.80 Å². The van der Waals surface area contributed by atoms with Crippen molar-refractivity contribution in [2.45, 2.75) is 52.0 Å². The molecule has 1 saturated heterocycles. The van der Waals surface area contributed by atoms with Gasteiger partial charge in [0.2, 0.25) is 0 Å². The molecule has 0 radical (unpaired) electrons. The lowest BCUT2D eigenvalue weighted by atomic mass is 10.1. The van der Waals surface area contributed by atoms with Crippen LogP contribution in [0.3, 0.4) is 0 Å². The number of hydrogen-bond donors (Lipinski definition) is 1. The Morgan fingerprint density at radius 2 is 1.85 bits per heavy atom. The first kappa shape index (κ1) is 20.0. The number of hydrogen-bond acceptors (Lipinski definition) is 5. The molecule has 7 heteroatoms. The molecule has 26 heavy (non-hydrogen) atoms. The third-order valence-electron chi connectivity index (χ3n) is 4.07. The zero-order valence-corrected chi connectivity index (χ0v) is 15.8. The minimum atomic E-state index is -0.801. The van der Waals surface area contributed by atoms with Crippen LogP contribution in [0.5, 0.6) is 0 Å². The summed E-state index contributed by atoms with van der Waals surface area (Å²) in [6, 6.07) is 8.85. The van der Waals surface area contributed by atoms with E-state index in [0.29, 0.717) is 6.54 Å². The number of amides is 2. The molecule has 1 fully saturated rings. The normalized spacial score (nSPS) is 19.0. The average molecular weight is 364 g/mol. The van der Waals surface area contributed by atoms with Crippen LogP contribution in [-0.2, 0) is 16.1 Å². The molecule has 1 unspecified atom stereocenters. The molecule has 1 aromatic carbocycles. The predicted molar refractivity (Wildman–Crippen MR) is 96.6 cm³/mol. The highest BCUT2D eigenvalue weighted by Crippen LogP contribution is 2.18. The zero-order chi connectivity index (χ0) is 19.3. The fraction of sp³-hybridized carbons (Fsp3) is 0.579. The zero-order valence-electron chi connectivity index (χ0n) is 15.8. The number of benzene rings is 1. The van der Waals surface area contributed by atoms with Crippen molar-refractivity contribution in [3.8, 4) is 0 Å². The van der Waals surface area contributed by atoms with Crippen LogP contribution in [0.25, 0.3) is 0 Å². The van der Waals surface area contributed by atoms with Gasteiger partial charge in [0.15, 0.2) is 0 Å². The van der Waals surface area contributed by atoms with Gasteiger partial charge >= 0.3 is 12.2 Å². The fourth-order valence-electron chi connectivity index (χ4n) is 2.74. The molecule has 2 rings (SSSR count). The second-order valence-electron chi connectivity index (χ2n) is 7.47. The van der Waals surface area contributed by atoms with E-state index in [1.807, 2.05) is 30.3 Å². The Labute approximate surface area is 154 Å². The molecule has 0 saturated carbocycles. The van der Waals surface area contributed by atoms with Crippen molar-refractivity contribution in [2.75, 3.05) is 19.6 Å². The van der Waals surface area contributed by atoms with Gasteiger partial charge < -0.3 is 19.5 Å². The Kier molecular flexibility index (Phi) is 6.47. The molecule has 2 atom stereocenters. The Hall–Kier alpha value is -2.28. The lowest BCUT2D eigenvalue weighted by Gasteiger charge is -2.42. The minimum absolute atomic E-state index is 0.165. The highest BCUT2D eigenvalue weighted by atomic mass is 16.6. The first-order chi connectivity index (χ1) is 12.2. The maximum absolute atomic E-state index is 12.4. The summed E-state index contributed by atoms with van der Waals surface area (Å²) in [6.45, 7) is 7.98. The van der Waals surface area contributed by atoms with Crippen molar-refractivity contribution in [1.82, 2.24) is 9.80 Å². The maximum Gasteiger partial charge on any atom is 0.410 e. The van der Waals surface area contributed by atoms with E-state index in [4.69, 9.17) is 9.47 Å². The summed E-state index contributed by atoms with van der Waals surface area (Å²) in [5.74, 6) is 0. The van der Waals surface area contributed by atoms with Crippen LogP contribution in [0.1, 0.15) is 33.3 Å². The van der Waals surface area contributed by atoms with Gasteiger partial charge in [0, 0.05) is 19.6 Å². The van der Waals surface area contributed by atoms with Gasteiger partial charge in [-0.1, -0.05) is 30.3 Å². The number of aliphatic hydroxyl groups excluding tert-OH is 1. The van der Waals surface area contributed by atoms with Crippen LogP contribution in [0.2, 0.25) is 0 Å². The number of nitrogens with zero attached hydrogens (tertiary/aromatic N) is 2. The molecule has 0 bridgehead atoms. The summed E-state index contributed by atoms with van der Waals surface area (Å²) in [4.78, 5) is 27.7. The highest BCUT2D eigenvalue weighted by Gasteiger charge is 2.37. The molecule has 1 aliphatic heterocycles. The smallest absolute Gasteiger partial charge is 0.410 e. The van der Waals surface area contributed by atoms with Crippen LogP contribution in [-0.4, -0.2) is 64.5 Å². The number of piperazine rings is 1. The third-order valence-corrected chi connectivity index (χ3v) is 4.07. The van der Waals surface area contributed by atoms with Crippen LogP contribution >= 0.6 is 0 Å². The largest absolute Gasteiger partial charge is 0.445 e. The Balaban J connectivity index is 1.97. The summed E-state index contributed by atoms with van der Waals surface area (Å²) in [5.41, 5.74) is 0.297. The molecule has 0 aliphatic carbocycles. The van der Waals surface area contributed by atoms with Gasteiger partial charge in [0.05, 0.1) is 12.1 Å². The topological polar surface area (TPSA) is 79.3 Å². The Bertz CT molecular complexity index is 612. The van der Waals surface area contributed by atoms with Gasteiger partial charge in [-0.2, -0.15) is 0 Å². The molecule has 1 aliphatic rings. The third kappa shape index (κ3) is 5.62. The van der Waals surface area contributed by atoms with Crippen molar-refractivity contribution < 1.29 is 24.2 Å². The quantitative estimate of drug-likeness (QED) is 0.892. The van der Waals surface area contributed by atoms with Gasteiger partial charge in [-0.25, -0.2) is 9.59 Å². The first-order valence-electron chi connectivity index (χ1n) is 8.80. The maximum atomic E-state index is 12.4. The molecule has 0 spiro atoms.